The highest BCUT2D eigenvalue weighted by Crippen LogP contribution is 2.27. The molecule has 0 heterocycles. The van der Waals surface area contributed by atoms with E-state index in [0.717, 1.165) is 11.1 Å². The Morgan fingerprint density at radius 2 is 1.39 bits per heavy atom. The van der Waals surface area contributed by atoms with Crippen LogP contribution in [-0.4, -0.2) is 0 Å². The van der Waals surface area contributed by atoms with Crippen LogP contribution >= 0.6 is 0 Å². The lowest BCUT2D eigenvalue weighted by Gasteiger charge is -2.04. The Morgan fingerprint density at radius 1 is 0.667 bits per heavy atom. The van der Waals surface area contributed by atoms with Crippen LogP contribution in [0.3, 0.4) is 0 Å². The Bertz CT molecular complexity index is 754. The summed E-state index contributed by atoms with van der Waals surface area (Å²) in [6.45, 7) is 0. The van der Waals surface area contributed by atoms with Crippen LogP contribution in [0.25, 0.3) is 21.9 Å². The van der Waals surface area contributed by atoms with Gasteiger partial charge in [-0.15, -0.1) is 0 Å². The van der Waals surface area contributed by atoms with Gasteiger partial charge in [0, 0.05) is 0 Å². The first-order valence-corrected chi connectivity index (χ1v) is 5.93. The van der Waals surface area contributed by atoms with Crippen molar-refractivity contribution in [3.8, 4) is 11.1 Å². The second-order valence-electron chi connectivity index (χ2n) is 4.25. The van der Waals surface area contributed by atoms with Gasteiger partial charge in [0.2, 0.25) is 0 Å². The summed E-state index contributed by atoms with van der Waals surface area (Å²) in [6.07, 6.45) is 0. The van der Waals surface area contributed by atoms with Crippen LogP contribution < -0.4 is 5.43 Å². The third kappa shape index (κ3) is 1.91. The minimum atomic E-state index is 0.0305. The fourth-order valence-electron chi connectivity index (χ4n) is 2.20. The molecular formula is C17H12O. The van der Waals surface area contributed by atoms with E-state index in [0.29, 0.717) is 0 Å². The van der Waals surface area contributed by atoms with Crippen LogP contribution in [-0.2, 0) is 0 Å². The fraction of sp³-hybridized carbons (Fsp3) is 0. The zero-order valence-electron chi connectivity index (χ0n) is 9.84. The first kappa shape index (κ1) is 10.7. The molecule has 0 N–H and O–H groups in total. The Hall–Kier alpha value is -2.41. The lowest BCUT2D eigenvalue weighted by Crippen LogP contribution is -1.91. The van der Waals surface area contributed by atoms with E-state index in [4.69, 9.17) is 0 Å². The minimum absolute atomic E-state index is 0.0305. The van der Waals surface area contributed by atoms with Gasteiger partial charge in [-0.25, -0.2) is 0 Å². The molecule has 0 unspecified atom stereocenters. The van der Waals surface area contributed by atoms with Crippen molar-refractivity contribution >= 4 is 10.8 Å². The molecule has 0 saturated heterocycles. The van der Waals surface area contributed by atoms with Crippen molar-refractivity contribution in [2.75, 3.05) is 0 Å². The Kier molecular flexibility index (Phi) is 2.66. The van der Waals surface area contributed by atoms with E-state index in [9.17, 15) is 4.79 Å². The normalized spacial score (nSPS) is 10.4. The maximum Gasteiger partial charge on any atom is 0.179 e. The summed E-state index contributed by atoms with van der Waals surface area (Å²) in [5.74, 6) is 0. The Labute approximate surface area is 105 Å². The molecule has 3 rings (SSSR count). The highest BCUT2D eigenvalue weighted by Gasteiger charge is 2.02. The molecule has 3 aromatic carbocycles. The standard InChI is InChI=1S/C17H12O/c18-15-9-3-1-7-14(12-15)17-11-5-8-13-6-2-4-10-16(13)17/h1-12H. The number of fused-ring (bicyclic) bond motifs is 1. The van der Waals surface area contributed by atoms with Gasteiger partial charge in [-0.3, -0.25) is 4.79 Å². The van der Waals surface area contributed by atoms with Gasteiger partial charge in [0.15, 0.2) is 5.43 Å². The third-order valence-electron chi connectivity index (χ3n) is 3.05. The van der Waals surface area contributed by atoms with Crippen molar-refractivity contribution in [3.05, 3.63) is 83.0 Å². The Balaban J connectivity index is 2.36. The maximum absolute atomic E-state index is 11.6. The molecule has 3 aromatic rings. The molecule has 0 spiro atoms. The van der Waals surface area contributed by atoms with Crippen molar-refractivity contribution in [2.24, 2.45) is 0 Å². The van der Waals surface area contributed by atoms with Gasteiger partial charge in [0.25, 0.3) is 0 Å². The van der Waals surface area contributed by atoms with E-state index in [-0.39, 0.29) is 5.43 Å². The SMILES string of the molecule is O=c1ccccc(-c2cccc3ccccc23)c1. The quantitative estimate of drug-likeness (QED) is 0.622. The van der Waals surface area contributed by atoms with Gasteiger partial charge >= 0.3 is 0 Å². The summed E-state index contributed by atoms with van der Waals surface area (Å²) in [6, 6.07) is 23.3. The average molecular weight is 232 g/mol. The van der Waals surface area contributed by atoms with E-state index in [1.165, 1.54) is 10.8 Å². The van der Waals surface area contributed by atoms with Gasteiger partial charge in [-0.1, -0.05) is 60.7 Å². The van der Waals surface area contributed by atoms with Crippen molar-refractivity contribution in [3.63, 3.8) is 0 Å². The highest BCUT2D eigenvalue weighted by atomic mass is 16.1. The molecule has 0 aliphatic heterocycles. The van der Waals surface area contributed by atoms with Gasteiger partial charge in [-0.05, 0) is 34.0 Å². The summed E-state index contributed by atoms with van der Waals surface area (Å²) in [4.78, 5) is 11.6. The number of benzene rings is 2. The Morgan fingerprint density at radius 3 is 2.33 bits per heavy atom. The predicted molar refractivity (Wildman–Crippen MR) is 75.7 cm³/mol. The van der Waals surface area contributed by atoms with Gasteiger partial charge in [0.1, 0.15) is 0 Å². The zero-order chi connectivity index (χ0) is 12.4. The number of hydrogen-bond acceptors (Lipinski definition) is 1. The molecule has 1 heteroatoms. The molecule has 0 aliphatic rings. The van der Waals surface area contributed by atoms with Crippen LogP contribution in [0.4, 0.5) is 0 Å². The molecule has 0 aliphatic carbocycles. The summed E-state index contributed by atoms with van der Waals surface area (Å²) in [5.41, 5.74) is 2.09. The van der Waals surface area contributed by atoms with Crippen LogP contribution in [0, 0.1) is 0 Å². The first-order chi connectivity index (χ1) is 8.84. The molecule has 0 radical (unpaired) electrons. The summed E-state index contributed by atoms with van der Waals surface area (Å²) < 4.78 is 0. The van der Waals surface area contributed by atoms with Crippen molar-refractivity contribution in [2.45, 2.75) is 0 Å². The second-order valence-corrected chi connectivity index (χ2v) is 4.25. The van der Waals surface area contributed by atoms with Crippen LogP contribution in [0.15, 0.2) is 77.6 Å². The fourth-order valence-corrected chi connectivity index (χ4v) is 2.20. The first-order valence-electron chi connectivity index (χ1n) is 5.93. The maximum atomic E-state index is 11.6. The number of hydrogen-bond donors (Lipinski definition) is 0. The highest BCUT2D eigenvalue weighted by molar-refractivity contribution is 5.96. The molecule has 0 atom stereocenters. The van der Waals surface area contributed by atoms with Gasteiger partial charge < -0.3 is 0 Å². The molecule has 0 bridgehead atoms. The molecule has 0 saturated carbocycles. The van der Waals surface area contributed by atoms with Crippen LogP contribution in [0.2, 0.25) is 0 Å². The molecule has 0 aromatic heterocycles. The lowest BCUT2D eigenvalue weighted by atomic mass is 9.99. The van der Waals surface area contributed by atoms with E-state index in [1.54, 1.807) is 18.2 Å². The number of rotatable bonds is 1. The third-order valence-corrected chi connectivity index (χ3v) is 3.05. The van der Waals surface area contributed by atoms with Crippen LogP contribution in [0.1, 0.15) is 0 Å². The van der Waals surface area contributed by atoms with E-state index in [2.05, 4.69) is 24.3 Å². The van der Waals surface area contributed by atoms with Crippen LogP contribution in [0.5, 0.6) is 0 Å². The summed E-state index contributed by atoms with van der Waals surface area (Å²) in [7, 11) is 0. The largest absolute Gasteiger partial charge is 0.290 e. The minimum Gasteiger partial charge on any atom is -0.290 e. The second kappa shape index (κ2) is 4.46. The lowest BCUT2D eigenvalue weighted by molar-refractivity contribution is 1.65. The topological polar surface area (TPSA) is 17.1 Å². The van der Waals surface area contributed by atoms with E-state index < -0.39 is 0 Å². The molecule has 1 nitrogen and oxygen atoms in total. The van der Waals surface area contributed by atoms with Gasteiger partial charge in [-0.2, -0.15) is 0 Å². The molecular weight excluding hydrogens is 220 g/mol. The zero-order valence-corrected chi connectivity index (χ0v) is 9.84. The molecule has 86 valence electrons. The predicted octanol–water partition coefficient (Wildman–Crippen LogP) is 3.87. The summed E-state index contributed by atoms with van der Waals surface area (Å²) >= 11 is 0. The van der Waals surface area contributed by atoms with E-state index >= 15 is 0 Å². The van der Waals surface area contributed by atoms with Gasteiger partial charge in [0.05, 0.1) is 0 Å². The van der Waals surface area contributed by atoms with E-state index in [1.807, 2.05) is 30.3 Å². The molecule has 18 heavy (non-hydrogen) atoms. The monoisotopic (exact) mass is 232 g/mol. The summed E-state index contributed by atoms with van der Waals surface area (Å²) in [5, 5.41) is 2.36. The average Bonchev–Trinajstić information content (AvgIpc) is 2.63. The molecule has 0 fully saturated rings. The smallest absolute Gasteiger partial charge is 0.179 e. The molecule has 0 amide bonds. The van der Waals surface area contributed by atoms with Crippen molar-refractivity contribution < 1.29 is 0 Å². The van der Waals surface area contributed by atoms with Crippen molar-refractivity contribution in [1.82, 2.24) is 0 Å². The van der Waals surface area contributed by atoms with Crippen molar-refractivity contribution in [1.29, 1.82) is 0 Å².